The van der Waals surface area contributed by atoms with E-state index in [9.17, 15) is 40.8 Å². The van der Waals surface area contributed by atoms with Crippen molar-refractivity contribution in [2.24, 2.45) is 5.73 Å². The second-order valence-corrected chi connectivity index (χ2v) is 43.6. The molecular weight excluding hydrogens is 1840 g/mol. The molecule has 0 saturated heterocycles. The zero-order valence-electron chi connectivity index (χ0n) is 71.4. The van der Waals surface area contributed by atoms with E-state index in [0.29, 0.717) is 51.9 Å². The summed E-state index contributed by atoms with van der Waals surface area (Å²) < 4.78 is 80.2. The van der Waals surface area contributed by atoms with Crippen LogP contribution in [0.4, 0.5) is 11.4 Å². The molecule has 17 aromatic rings. The maximum Gasteiger partial charge on any atom is 0.348 e. The van der Waals surface area contributed by atoms with Crippen LogP contribution in [-0.2, 0) is 74.7 Å². The van der Waals surface area contributed by atoms with Crippen molar-refractivity contribution in [3.05, 3.63) is 434 Å². The number of anilines is 2. The van der Waals surface area contributed by atoms with Crippen molar-refractivity contribution < 1.29 is 68.5 Å². The van der Waals surface area contributed by atoms with Crippen molar-refractivity contribution in [3.8, 4) is 34.5 Å². The Hall–Kier alpha value is -14.5. The molecule has 5 aliphatic rings. The van der Waals surface area contributed by atoms with Gasteiger partial charge in [-0.1, -0.05) is 152 Å². The zero-order chi connectivity index (χ0) is 92.7. The highest BCUT2D eigenvalue weighted by Crippen LogP contribution is 2.49. The predicted molar refractivity (Wildman–Crippen MR) is 527 cm³/mol. The highest BCUT2D eigenvalue weighted by molar-refractivity contribution is 7.99. The fraction of sp³-hybridized carbons (Fsp3) is 0.0278. The van der Waals surface area contributed by atoms with Crippen molar-refractivity contribution in [2.75, 3.05) is 23.9 Å². The fourth-order valence-corrected chi connectivity index (χ4v) is 30.3. The van der Waals surface area contributed by atoms with E-state index in [4.69, 9.17) is 33.4 Å². The number of primary amides is 1. The first-order chi connectivity index (χ1) is 65.1. The smallest absolute Gasteiger partial charge is 0.348 e. The van der Waals surface area contributed by atoms with Crippen LogP contribution in [0.5, 0.6) is 34.5 Å². The van der Waals surface area contributed by atoms with Crippen LogP contribution in [0.3, 0.4) is 0 Å². The quantitative estimate of drug-likeness (QED) is 0.0308. The minimum absolute atomic E-state index is 0.0168. The third-order valence-corrected chi connectivity index (χ3v) is 36.5. The van der Waals surface area contributed by atoms with Crippen LogP contribution in [0.15, 0.2) is 495 Å². The third-order valence-electron chi connectivity index (χ3n) is 21.8. The van der Waals surface area contributed by atoms with Gasteiger partial charge < -0.3 is 43.6 Å². The van der Waals surface area contributed by atoms with Gasteiger partial charge in [-0.15, -0.1) is 12.6 Å². The van der Waals surface area contributed by atoms with Crippen molar-refractivity contribution in [1.29, 1.82) is 0 Å². The Balaban J connectivity index is 0.000000112. The molecule has 0 bridgehead atoms. The Morgan fingerprint density at radius 1 is 0.381 bits per heavy atom. The molecule has 0 saturated carbocycles. The Bertz CT molecular complexity index is 7610. The summed E-state index contributed by atoms with van der Waals surface area (Å²) in [6.07, 6.45) is 0. The number of para-hydroxylation sites is 6. The number of ether oxygens (including phenoxy) is 3. The van der Waals surface area contributed by atoms with Crippen LogP contribution in [0.2, 0.25) is 0 Å². The molecule has 5 heterocycles. The third kappa shape index (κ3) is 18.9. The van der Waals surface area contributed by atoms with E-state index in [-0.39, 0.29) is 44.0 Å². The monoisotopic (exact) mass is 1910 g/mol. The van der Waals surface area contributed by atoms with Crippen LogP contribution in [0, 0.1) is 0 Å². The molecule has 0 spiro atoms. The van der Waals surface area contributed by atoms with Gasteiger partial charge in [0.05, 0.1) is 29.0 Å². The van der Waals surface area contributed by atoms with Crippen LogP contribution in [0.1, 0.15) is 58.7 Å². The lowest BCUT2D eigenvalue weighted by Gasteiger charge is -2.15. The summed E-state index contributed by atoms with van der Waals surface area (Å²) in [7, 11) is -8.67. The van der Waals surface area contributed by atoms with E-state index in [2.05, 4.69) is 36.1 Å². The van der Waals surface area contributed by atoms with E-state index >= 15 is 0 Å². The summed E-state index contributed by atoms with van der Waals surface area (Å²) in [6, 6.07) is 127. The largest absolute Gasteiger partial charge is 0.494 e. The summed E-state index contributed by atoms with van der Waals surface area (Å²) in [5.74, 6) is 1.79. The number of carbonyl (C=O) groups excluding carboxylic acids is 4. The number of aromatic carboxylic acids is 1. The van der Waals surface area contributed by atoms with E-state index in [0.717, 1.165) is 112 Å². The molecule has 0 fully saturated rings. The van der Waals surface area contributed by atoms with Gasteiger partial charge in [0, 0.05) is 23.6 Å². The van der Waals surface area contributed by atoms with Crippen LogP contribution >= 0.6 is 12.6 Å². The maximum atomic E-state index is 13.2. The number of hydrogen-bond donors (Lipinski definition) is 4. The molecule has 0 aliphatic carbocycles. The van der Waals surface area contributed by atoms with Crippen molar-refractivity contribution in [3.63, 3.8) is 0 Å². The number of carboxylic acids is 1. The molecule has 5 unspecified atom stereocenters. The number of hydrogen-bond acceptors (Lipinski definition) is 15. The Kier molecular flexibility index (Phi) is 26.6. The number of esters is 1. The molecule has 660 valence electrons. The molecule has 26 heteroatoms. The second-order valence-electron chi connectivity index (χ2n) is 30.2. The first-order valence-electron chi connectivity index (χ1n) is 42.0. The predicted octanol–water partition coefficient (Wildman–Crippen LogP) is 23.2. The van der Waals surface area contributed by atoms with Gasteiger partial charge >= 0.3 is 32.2 Å². The lowest BCUT2D eigenvalue weighted by atomic mass is 10.1. The molecular formula is C108H80N3O15S8+5. The first kappa shape index (κ1) is 90.1. The SMILES string of the molecule is CCOc1ccc([S+]2c3ccccc3OS(=O)(=O)c3cc4ccccc4cc32)cc1.CN1C(=O)c2ccccc2[S+](c2ccc(C(N)=O)cc2)c2ccccc21.O=C(O)c1ccc([S+]2c3ccccc3NC(=O)c3ccccc32)cc1.O=C1Oc2ccccc2[S+](c2ccc(S)cc2)c2ccccc21.O=S1(=O)Oc2ccccc2[S+](c2ccc(Oc3ccccc3)cc2)c2ccccc21. The summed E-state index contributed by atoms with van der Waals surface area (Å²) in [4.78, 5) is 78.0. The summed E-state index contributed by atoms with van der Waals surface area (Å²) in [5, 5.41) is 14.0. The summed E-state index contributed by atoms with van der Waals surface area (Å²) in [6.45, 7) is 2.54. The van der Waals surface area contributed by atoms with Gasteiger partial charge in [0.2, 0.25) is 20.6 Å². The minimum Gasteiger partial charge on any atom is -0.494 e. The van der Waals surface area contributed by atoms with Gasteiger partial charge in [0.15, 0.2) is 85.8 Å². The fourth-order valence-electron chi connectivity index (χ4n) is 15.6. The van der Waals surface area contributed by atoms with E-state index in [1.54, 1.807) is 78.7 Å². The second kappa shape index (κ2) is 39.5. The van der Waals surface area contributed by atoms with Gasteiger partial charge in [0.1, 0.15) is 83.0 Å². The number of carboxylic acid groups (broad SMARTS) is 1. The van der Waals surface area contributed by atoms with Gasteiger partial charge in [-0.2, -0.15) is 16.8 Å². The highest BCUT2D eigenvalue weighted by Gasteiger charge is 2.47. The molecule has 0 aromatic heterocycles. The Morgan fingerprint density at radius 2 is 0.769 bits per heavy atom. The molecule has 18 nitrogen and oxygen atoms in total. The number of nitrogens with one attached hydrogen (secondary N) is 1. The molecule has 4 N–H and O–H groups in total. The van der Waals surface area contributed by atoms with Crippen LogP contribution < -0.4 is 38.5 Å². The normalized spacial score (nSPS) is 16.2. The van der Waals surface area contributed by atoms with Gasteiger partial charge in [0.25, 0.3) is 11.8 Å². The maximum absolute atomic E-state index is 13.2. The van der Waals surface area contributed by atoms with Crippen molar-refractivity contribution >= 4 is 139 Å². The average Bonchev–Trinajstić information content (AvgIpc) is 1.57. The number of nitrogens with two attached hydrogens (primary N) is 1. The number of nitrogens with zero attached hydrogens (tertiary/aromatic N) is 1. The van der Waals surface area contributed by atoms with Gasteiger partial charge in [-0.3, -0.25) is 14.4 Å². The lowest BCUT2D eigenvalue weighted by Crippen LogP contribution is -2.25. The van der Waals surface area contributed by atoms with Crippen LogP contribution in [0.25, 0.3) is 10.8 Å². The summed E-state index contributed by atoms with van der Waals surface area (Å²) in [5.41, 5.74) is 9.75. The van der Waals surface area contributed by atoms with E-state index in [1.807, 2.05) is 328 Å². The standard InChI is InChI=1S/C24H19O4S2.C24H17O4S2.C21H16N2O2S.C20H13NO3S.C19H12O2S2/c1-2-27-19-11-13-20(14-12-19)29-22-10-6-5-9-21(22)28-30(25,26)24-16-18-8-4-3-7-17(18)15-23(24)29;25-30(26)24-13-7-6-12-23(24)29(22-11-5-4-10-21(22)28-30)20-16-14-19(15-17-20)27-18-8-2-1-3-9-18;1-23-17-7-3-5-9-19(17)26(15-12-10-14(11-13-15)20(22)24)18-8-4-2-6-16(18)21(23)25;22-19-15-5-1-3-7-17(15)25(18-8-4-2-6-16(18)21-19)14-11-9-13(10-12-14)20(23)24;20-19-15-5-1-3-7-17(15)23(14-11-9-13(22)10-12-14)18-8-4-2-6-16(18)21-19/h3-16H,2H2,1H3;1-17H;2-13H,1H3,(H-,22,24);1-12H,(H-,21,22,23,24);1-12H/q2*+1;;;/p+3. The first-order valence-corrected chi connectivity index (χ1v) is 51.4. The zero-order valence-corrected chi connectivity index (χ0v) is 78.0. The number of amides is 3. The number of fused-ring (bicyclic) bond motifs is 11. The number of rotatable bonds is 11. The Labute approximate surface area is 794 Å². The number of carbonyl (C=O) groups is 5. The van der Waals surface area contributed by atoms with E-state index in [1.165, 1.54) is 0 Å². The molecule has 134 heavy (non-hydrogen) atoms. The lowest BCUT2D eigenvalue weighted by molar-refractivity contribution is 0.0693. The van der Waals surface area contributed by atoms with Gasteiger partial charge in [-0.05, 0) is 266 Å². The average molecular weight is 1920 g/mol. The topological polar surface area (TPSA) is 261 Å². The molecule has 17 aromatic carbocycles. The molecule has 5 atom stereocenters. The number of thiol groups is 1. The van der Waals surface area contributed by atoms with Gasteiger partial charge in [-0.25, -0.2) is 9.59 Å². The highest BCUT2D eigenvalue weighted by atomic mass is 32.2. The molecule has 22 rings (SSSR count). The molecule has 3 amide bonds. The minimum atomic E-state index is -3.96. The van der Waals surface area contributed by atoms with Crippen LogP contribution in [-0.4, -0.2) is 65.3 Å². The molecule has 0 radical (unpaired) electrons. The van der Waals surface area contributed by atoms with Crippen molar-refractivity contribution in [2.45, 2.75) is 95.0 Å². The molecule has 5 aliphatic heterocycles. The Morgan fingerprint density at radius 3 is 1.34 bits per heavy atom. The summed E-state index contributed by atoms with van der Waals surface area (Å²) >= 11 is 4.37. The number of benzene rings is 17. The van der Waals surface area contributed by atoms with E-state index < -0.39 is 75.7 Å². The van der Waals surface area contributed by atoms with Crippen molar-refractivity contribution in [1.82, 2.24) is 0 Å².